The van der Waals surface area contributed by atoms with E-state index in [2.05, 4.69) is 16.8 Å². The summed E-state index contributed by atoms with van der Waals surface area (Å²) in [7, 11) is 0. The fourth-order valence-corrected chi connectivity index (χ4v) is 3.12. The van der Waals surface area contributed by atoms with E-state index in [0.717, 1.165) is 11.6 Å². The Morgan fingerprint density at radius 3 is 2.71 bits per heavy atom. The predicted molar refractivity (Wildman–Crippen MR) is 99.1 cm³/mol. The maximum Gasteiger partial charge on any atom is 0.269 e. The molecule has 2 aromatic rings. The minimum absolute atomic E-state index is 0.352. The van der Waals surface area contributed by atoms with E-state index in [-0.39, 0.29) is 5.91 Å². The van der Waals surface area contributed by atoms with Gasteiger partial charge in [-0.3, -0.25) is 9.48 Å². The number of carbonyl (C=O) groups excluding carboxylic acids is 1. The van der Waals surface area contributed by atoms with E-state index in [0.29, 0.717) is 42.6 Å². The highest BCUT2D eigenvalue weighted by Crippen LogP contribution is 2.30. The zero-order valence-corrected chi connectivity index (χ0v) is 15.4. The summed E-state index contributed by atoms with van der Waals surface area (Å²) in [5, 5.41) is 18.4. The van der Waals surface area contributed by atoms with Crippen molar-refractivity contribution in [1.82, 2.24) is 14.8 Å². The van der Waals surface area contributed by atoms with Crippen molar-refractivity contribution >= 4 is 12.1 Å². The monoisotopic (exact) mass is 383 g/mol. The summed E-state index contributed by atoms with van der Waals surface area (Å²) in [6.07, 6.45) is 4.73. The van der Waals surface area contributed by atoms with Gasteiger partial charge < -0.3 is 0 Å². The van der Waals surface area contributed by atoms with Crippen LogP contribution in [0.4, 0.5) is 8.78 Å². The van der Waals surface area contributed by atoms with E-state index in [1.807, 2.05) is 13.0 Å². The molecule has 1 aromatic heterocycles. The maximum absolute atomic E-state index is 13.5. The second kappa shape index (κ2) is 8.13. The largest absolute Gasteiger partial charge is 0.271 e. The van der Waals surface area contributed by atoms with Crippen LogP contribution in [0, 0.1) is 29.9 Å². The van der Waals surface area contributed by atoms with Crippen LogP contribution >= 0.6 is 0 Å². The second-order valence-corrected chi connectivity index (χ2v) is 6.64. The van der Waals surface area contributed by atoms with Gasteiger partial charge in [0.15, 0.2) is 5.69 Å². The number of nitriles is 1. The number of aromatic nitrogens is 2. The number of benzene rings is 1. The molecule has 0 saturated heterocycles. The fraction of sp³-hybridized carbons (Fsp3) is 0.300. The molecule has 2 heterocycles. The molecular weight excluding hydrogens is 364 g/mol. The molecule has 1 unspecified atom stereocenters. The number of halogens is 2. The van der Waals surface area contributed by atoms with Crippen LogP contribution in [0.5, 0.6) is 0 Å². The summed E-state index contributed by atoms with van der Waals surface area (Å²) >= 11 is 0. The number of hydrogen-bond donors (Lipinski definition) is 0. The lowest BCUT2D eigenvalue weighted by atomic mass is 10.0. The van der Waals surface area contributed by atoms with Crippen LogP contribution in [-0.2, 0) is 11.3 Å². The lowest BCUT2D eigenvalue weighted by molar-refractivity contribution is -0.129. The number of rotatable bonds is 6. The van der Waals surface area contributed by atoms with Gasteiger partial charge in [0.2, 0.25) is 0 Å². The van der Waals surface area contributed by atoms with Gasteiger partial charge in [-0.15, -0.1) is 0 Å². The molecule has 0 radical (unpaired) electrons. The van der Waals surface area contributed by atoms with Crippen LogP contribution in [0.1, 0.15) is 42.1 Å². The Labute approximate surface area is 161 Å². The molecule has 8 heteroatoms. The first-order chi connectivity index (χ1) is 13.4. The summed E-state index contributed by atoms with van der Waals surface area (Å²) in [6.45, 7) is 6.19. The fourth-order valence-electron chi connectivity index (χ4n) is 3.12. The summed E-state index contributed by atoms with van der Waals surface area (Å²) in [5.41, 5.74) is 1.89. The van der Waals surface area contributed by atoms with Crippen molar-refractivity contribution in [3.8, 4) is 6.07 Å². The molecule has 0 saturated carbocycles. The van der Waals surface area contributed by atoms with Crippen molar-refractivity contribution < 1.29 is 13.6 Å². The molecule has 1 aliphatic heterocycles. The van der Waals surface area contributed by atoms with E-state index >= 15 is 0 Å². The number of amides is 1. The normalized spacial score (nSPS) is 15.6. The number of carbonyl (C=O) groups is 1. The molecular formula is C20H19F2N5O. The van der Waals surface area contributed by atoms with Crippen molar-refractivity contribution in [3.63, 3.8) is 0 Å². The van der Waals surface area contributed by atoms with E-state index in [1.54, 1.807) is 17.1 Å². The maximum atomic E-state index is 13.5. The summed E-state index contributed by atoms with van der Waals surface area (Å²) in [5.74, 6) is -1.77. The van der Waals surface area contributed by atoms with E-state index < -0.39 is 17.7 Å². The van der Waals surface area contributed by atoms with Crippen molar-refractivity contribution in [2.24, 2.45) is 5.10 Å². The third-order valence-electron chi connectivity index (χ3n) is 4.53. The van der Waals surface area contributed by atoms with Crippen molar-refractivity contribution in [1.29, 1.82) is 5.26 Å². The van der Waals surface area contributed by atoms with Crippen LogP contribution in [0.2, 0.25) is 0 Å². The molecule has 0 bridgehead atoms. The lowest BCUT2D eigenvalue weighted by Crippen LogP contribution is -2.28. The van der Waals surface area contributed by atoms with E-state index in [9.17, 15) is 13.6 Å². The van der Waals surface area contributed by atoms with Crippen molar-refractivity contribution in [2.75, 3.05) is 0 Å². The first-order valence-electron chi connectivity index (χ1n) is 8.83. The number of hydrogen-bond acceptors (Lipinski definition) is 4. The van der Waals surface area contributed by atoms with Gasteiger partial charge in [-0.1, -0.05) is 6.58 Å². The molecule has 0 spiro atoms. The Morgan fingerprint density at radius 1 is 1.36 bits per heavy atom. The standard InChI is InChI=1S/C20H19F2N5O/c1-13(4-3-7-26-12-14(2)18(11-23)25-26)20(28)27-19(5-6-24-27)15-8-16(21)10-17(22)9-15/h6,8-10,12,19H,1,3-5,7H2,2H3. The zero-order valence-electron chi connectivity index (χ0n) is 15.4. The number of nitrogens with zero attached hydrogens (tertiary/aromatic N) is 5. The van der Waals surface area contributed by atoms with Crippen LogP contribution in [0.25, 0.3) is 0 Å². The van der Waals surface area contributed by atoms with Crippen LogP contribution in [0.3, 0.4) is 0 Å². The molecule has 28 heavy (non-hydrogen) atoms. The Hall–Kier alpha value is -3.34. The van der Waals surface area contributed by atoms with Crippen molar-refractivity contribution in [2.45, 2.75) is 38.8 Å². The predicted octanol–water partition coefficient (Wildman–Crippen LogP) is 3.64. The number of aryl methyl sites for hydroxylation is 2. The third-order valence-corrected chi connectivity index (χ3v) is 4.53. The smallest absolute Gasteiger partial charge is 0.269 e. The molecule has 1 aromatic carbocycles. The number of hydrazone groups is 1. The van der Waals surface area contributed by atoms with Crippen LogP contribution < -0.4 is 0 Å². The summed E-state index contributed by atoms with van der Waals surface area (Å²) in [6, 6.07) is 4.67. The quantitative estimate of drug-likeness (QED) is 0.715. The molecule has 0 aliphatic carbocycles. The summed E-state index contributed by atoms with van der Waals surface area (Å²) < 4.78 is 28.7. The minimum Gasteiger partial charge on any atom is -0.271 e. The molecule has 6 nitrogen and oxygen atoms in total. The first-order valence-corrected chi connectivity index (χ1v) is 8.83. The zero-order chi connectivity index (χ0) is 20.3. The average molecular weight is 383 g/mol. The van der Waals surface area contributed by atoms with Crippen molar-refractivity contribution in [3.05, 3.63) is 65.0 Å². The second-order valence-electron chi connectivity index (χ2n) is 6.64. The molecule has 0 fully saturated rings. The highest BCUT2D eigenvalue weighted by Gasteiger charge is 2.30. The molecule has 1 aliphatic rings. The Bertz CT molecular complexity index is 969. The first kappa shape index (κ1) is 19.4. The van der Waals surface area contributed by atoms with Gasteiger partial charge in [0.25, 0.3) is 5.91 Å². The molecule has 0 N–H and O–H groups in total. The molecule has 1 atom stereocenters. The van der Waals surface area contributed by atoms with E-state index in [4.69, 9.17) is 5.26 Å². The SMILES string of the molecule is C=C(CCCn1cc(C)c(C#N)n1)C(=O)N1N=CCC1c1cc(F)cc(F)c1. The Kier molecular flexibility index (Phi) is 5.64. The minimum atomic E-state index is -0.695. The topological polar surface area (TPSA) is 74.3 Å². The molecule has 3 rings (SSSR count). The van der Waals surface area contributed by atoms with Gasteiger partial charge in [0.05, 0.1) is 6.04 Å². The van der Waals surface area contributed by atoms with Gasteiger partial charge in [0, 0.05) is 42.6 Å². The van der Waals surface area contributed by atoms with Crippen LogP contribution in [0.15, 0.2) is 41.6 Å². The molecule has 1 amide bonds. The Balaban J connectivity index is 1.61. The highest BCUT2D eigenvalue weighted by molar-refractivity contribution is 5.94. The van der Waals surface area contributed by atoms with Gasteiger partial charge in [-0.25, -0.2) is 13.8 Å². The lowest BCUT2D eigenvalue weighted by Gasteiger charge is -2.23. The van der Waals surface area contributed by atoms with Gasteiger partial charge >= 0.3 is 0 Å². The Morgan fingerprint density at radius 2 is 2.07 bits per heavy atom. The van der Waals surface area contributed by atoms with Gasteiger partial charge in [-0.05, 0) is 37.5 Å². The molecule has 144 valence electrons. The van der Waals surface area contributed by atoms with E-state index in [1.165, 1.54) is 17.1 Å². The highest BCUT2D eigenvalue weighted by atomic mass is 19.1. The van der Waals surface area contributed by atoms with Crippen LogP contribution in [-0.4, -0.2) is 26.9 Å². The van der Waals surface area contributed by atoms with Gasteiger partial charge in [-0.2, -0.15) is 15.5 Å². The third kappa shape index (κ3) is 4.14. The van der Waals surface area contributed by atoms with Gasteiger partial charge in [0.1, 0.15) is 17.7 Å². The summed E-state index contributed by atoms with van der Waals surface area (Å²) in [4.78, 5) is 12.7. The average Bonchev–Trinajstić information content (AvgIpc) is 3.26.